The van der Waals surface area contributed by atoms with Crippen molar-refractivity contribution in [2.24, 2.45) is 5.92 Å². The number of amides is 1. The maximum atomic E-state index is 13.0. The lowest BCUT2D eigenvalue weighted by atomic mass is 9.97. The first-order valence-electron chi connectivity index (χ1n) is 9.45. The quantitative estimate of drug-likeness (QED) is 0.604. The van der Waals surface area contributed by atoms with Crippen LogP contribution in [-0.4, -0.2) is 76.1 Å². The molecule has 1 aromatic heterocycles. The Morgan fingerprint density at radius 3 is 2.67 bits per heavy atom. The molecule has 2 aliphatic rings. The van der Waals surface area contributed by atoms with Crippen molar-refractivity contribution in [1.29, 1.82) is 0 Å². The summed E-state index contributed by atoms with van der Waals surface area (Å²) < 4.78 is 38.0. The summed E-state index contributed by atoms with van der Waals surface area (Å²) in [5.74, 6) is 0.395. The Kier molecular flexibility index (Phi) is 7.27. The summed E-state index contributed by atoms with van der Waals surface area (Å²) in [4.78, 5) is 14.8. The van der Waals surface area contributed by atoms with Crippen LogP contribution in [-0.2, 0) is 24.3 Å². The molecule has 0 aliphatic carbocycles. The van der Waals surface area contributed by atoms with Crippen LogP contribution in [0.15, 0.2) is 21.7 Å². The smallest absolute Gasteiger partial charge is 0.253 e. The standard InChI is InChI=1S/C18H28N2O5S2/c1-24-11-12-25-14-15-6-9-19(10-7-15)18(21)16-4-2-8-20(16)27(22,23)17-5-3-13-26-17/h3,5,13,15-16H,2,4,6-12,14H2,1H3. The van der Waals surface area contributed by atoms with E-state index in [9.17, 15) is 13.2 Å². The first-order chi connectivity index (χ1) is 13.0. The van der Waals surface area contributed by atoms with Crippen LogP contribution in [0.5, 0.6) is 0 Å². The second-order valence-electron chi connectivity index (χ2n) is 7.04. The van der Waals surface area contributed by atoms with Crippen LogP contribution in [0.3, 0.4) is 0 Å². The topological polar surface area (TPSA) is 76.2 Å². The number of rotatable bonds is 8. The van der Waals surface area contributed by atoms with Gasteiger partial charge in [-0.05, 0) is 43.0 Å². The van der Waals surface area contributed by atoms with Gasteiger partial charge in [-0.15, -0.1) is 11.3 Å². The highest BCUT2D eigenvalue weighted by atomic mass is 32.2. The first kappa shape index (κ1) is 20.7. The minimum atomic E-state index is -3.58. The van der Waals surface area contributed by atoms with Gasteiger partial charge in [-0.2, -0.15) is 4.31 Å². The molecule has 152 valence electrons. The number of piperidine rings is 1. The van der Waals surface area contributed by atoms with Crippen molar-refractivity contribution in [2.75, 3.05) is 46.6 Å². The van der Waals surface area contributed by atoms with Crippen LogP contribution >= 0.6 is 11.3 Å². The summed E-state index contributed by atoms with van der Waals surface area (Å²) in [6.45, 7) is 3.62. The Balaban J connectivity index is 1.55. The molecule has 27 heavy (non-hydrogen) atoms. The van der Waals surface area contributed by atoms with Gasteiger partial charge >= 0.3 is 0 Å². The predicted octanol–water partition coefficient (Wildman–Crippen LogP) is 1.80. The number of carbonyl (C=O) groups is 1. The van der Waals surface area contributed by atoms with Crippen LogP contribution < -0.4 is 0 Å². The molecule has 9 heteroatoms. The van der Waals surface area contributed by atoms with Gasteiger partial charge < -0.3 is 14.4 Å². The van der Waals surface area contributed by atoms with E-state index in [1.165, 1.54) is 15.6 Å². The van der Waals surface area contributed by atoms with Crippen molar-refractivity contribution < 1.29 is 22.7 Å². The van der Waals surface area contributed by atoms with E-state index in [1.807, 2.05) is 4.90 Å². The van der Waals surface area contributed by atoms with E-state index in [-0.39, 0.29) is 5.91 Å². The van der Waals surface area contributed by atoms with Gasteiger partial charge in [-0.1, -0.05) is 6.07 Å². The summed E-state index contributed by atoms with van der Waals surface area (Å²) in [7, 11) is -1.93. The molecule has 1 atom stereocenters. The lowest BCUT2D eigenvalue weighted by Crippen LogP contribution is -2.50. The summed E-state index contributed by atoms with van der Waals surface area (Å²) in [6.07, 6.45) is 3.11. The molecule has 0 N–H and O–H groups in total. The van der Waals surface area contributed by atoms with Crippen LogP contribution in [0.25, 0.3) is 0 Å². The number of methoxy groups -OCH3 is 1. The SMILES string of the molecule is COCCOCC1CCN(C(=O)C2CCCN2S(=O)(=O)c2cccs2)CC1. The van der Waals surface area contributed by atoms with Crippen LogP contribution in [0.2, 0.25) is 0 Å². The summed E-state index contributed by atoms with van der Waals surface area (Å²) in [5, 5.41) is 1.75. The number of sulfonamides is 1. The molecule has 2 saturated heterocycles. The Morgan fingerprint density at radius 1 is 1.22 bits per heavy atom. The first-order valence-corrected chi connectivity index (χ1v) is 11.8. The zero-order valence-corrected chi connectivity index (χ0v) is 17.3. The summed E-state index contributed by atoms with van der Waals surface area (Å²) >= 11 is 1.20. The zero-order valence-electron chi connectivity index (χ0n) is 15.7. The second-order valence-corrected chi connectivity index (χ2v) is 10.1. The van der Waals surface area contributed by atoms with Gasteiger partial charge in [-0.3, -0.25) is 4.79 Å². The van der Waals surface area contributed by atoms with Crippen molar-refractivity contribution in [2.45, 2.75) is 35.9 Å². The van der Waals surface area contributed by atoms with E-state index in [0.29, 0.717) is 56.0 Å². The van der Waals surface area contributed by atoms with E-state index in [0.717, 1.165) is 19.3 Å². The van der Waals surface area contributed by atoms with Gasteiger partial charge in [0.1, 0.15) is 10.3 Å². The molecule has 1 unspecified atom stereocenters. The van der Waals surface area contributed by atoms with E-state index >= 15 is 0 Å². The van der Waals surface area contributed by atoms with Crippen molar-refractivity contribution in [3.05, 3.63) is 17.5 Å². The number of thiophene rings is 1. The fraction of sp³-hybridized carbons (Fsp3) is 0.722. The maximum Gasteiger partial charge on any atom is 0.253 e. The largest absolute Gasteiger partial charge is 0.382 e. The van der Waals surface area contributed by atoms with Gasteiger partial charge in [-0.25, -0.2) is 8.42 Å². The van der Waals surface area contributed by atoms with E-state index < -0.39 is 16.1 Å². The van der Waals surface area contributed by atoms with Gasteiger partial charge in [0.15, 0.2) is 0 Å². The molecule has 2 fully saturated rings. The van der Waals surface area contributed by atoms with E-state index in [4.69, 9.17) is 9.47 Å². The monoisotopic (exact) mass is 416 g/mol. The van der Waals surface area contributed by atoms with Crippen LogP contribution in [0, 0.1) is 5.92 Å². The van der Waals surface area contributed by atoms with Gasteiger partial charge in [0.25, 0.3) is 10.0 Å². The fourth-order valence-electron chi connectivity index (χ4n) is 3.72. The third kappa shape index (κ3) is 4.89. The molecule has 3 heterocycles. The highest BCUT2D eigenvalue weighted by molar-refractivity contribution is 7.91. The van der Waals surface area contributed by atoms with E-state index in [1.54, 1.807) is 24.6 Å². The molecule has 0 bridgehead atoms. The van der Waals surface area contributed by atoms with Crippen molar-refractivity contribution in [1.82, 2.24) is 9.21 Å². The second kappa shape index (κ2) is 9.47. The highest BCUT2D eigenvalue weighted by Crippen LogP contribution is 2.30. The Hall–Kier alpha value is -1.00. The third-order valence-corrected chi connectivity index (χ3v) is 8.54. The molecular formula is C18H28N2O5S2. The molecule has 7 nitrogen and oxygen atoms in total. The predicted molar refractivity (Wildman–Crippen MR) is 103 cm³/mol. The third-order valence-electron chi connectivity index (χ3n) is 5.26. The molecule has 0 aromatic carbocycles. The summed E-state index contributed by atoms with van der Waals surface area (Å²) in [6, 6.07) is 2.77. The normalized spacial score (nSPS) is 22.4. The molecule has 2 aliphatic heterocycles. The van der Waals surface area contributed by atoms with Gasteiger partial charge in [0.2, 0.25) is 5.91 Å². The molecule has 0 radical (unpaired) electrons. The minimum absolute atomic E-state index is 0.0496. The number of ether oxygens (including phenoxy) is 2. The Labute approximate surface area is 165 Å². The number of likely N-dealkylation sites (tertiary alicyclic amines) is 1. The van der Waals surface area contributed by atoms with Gasteiger partial charge in [0.05, 0.1) is 13.2 Å². The van der Waals surface area contributed by atoms with Crippen LogP contribution in [0.4, 0.5) is 0 Å². The summed E-state index contributed by atoms with van der Waals surface area (Å²) in [5.41, 5.74) is 0. The van der Waals surface area contributed by atoms with Gasteiger partial charge in [0, 0.05) is 33.4 Å². The molecule has 3 rings (SSSR count). The van der Waals surface area contributed by atoms with E-state index in [2.05, 4.69) is 0 Å². The Bertz CT molecular complexity index is 699. The van der Waals surface area contributed by atoms with Crippen molar-refractivity contribution in [3.63, 3.8) is 0 Å². The number of hydrogen-bond acceptors (Lipinski definition) is 6. The zero-order chi connectivity index (χ0) is 19.3. The fourth-order valence-corrected chi connectivity index (χ4v) is 6.49. The molecule has 0 saturated carbocycles. The molecule has 1 amide bonds. The lowest BCUT2D eigenvalue weighted by Gasteiger charge is -2.35. The molecule has 1 aromatic rings. The van der Waals surface area contributed by atoms with Crippen molar-refractivity contribution in [3.8, 4) is 0 Å². The average molecular weight is 417 g/mol. The molecular weight excluding hydrogens is 388 g/mol. The lowest BCUT2D eigenvalue weighted by molar-refractivity contribution is -0.136. The minimum Gasteiger partial charge on any atom is -0.382 e. The Morgan fingerprint density at radius 2 is 2.00 bits per heavy atom. The maximum absolute atomic E-state index is 13.0. The average Bonchev–Trinajstić information content (AvgIpc) is 3.37. The highest BCUT2D eigenvalue weighted by Gasteiger charge is 2.42. The van der Waals surface area contributed by atoms with Crippen LogP contribution in [0.1, 0.15) is 25.7 Å². The number of carbonyl (C=O) groups excluding carboxylic acids is 1. The molecule has 0 spiro atoms. The number of hydrogen-bond donors (Lipinski definition) is 0. The van der Waals surface area contributed by atoms with Crippen molar-refractivity contribution >= 4 is 27.3 Å². The number of nitrogens with zero attached hydrogens (tertiary/aromatic N) is 2.